The molecule has 0 radical (unpaired) electrons. The van der Waals surface area contributed by atoms with Crippen LogP contribution in [-0.2, 0) is 13.6 Å². The smallest absolute Gasteiger partial charge is 0.290 e. The number of aryl methyl sites for hydroxylation is 4. The number of amides is 1. The molecule has 0 aliphatic carbocycles. The molecule has 4 aromatic heterocycles. The quantitative estimate of drug-likeness (QED) is 0.283. The standard InChI is InChI=1S/C30H26FN7O3/c1-5-38-24(18-6-8-19(9-7-18)25-17(3)41-37(4)30(25)40)13-20-12-16(2)34-26(27(20)38)29(39)35-21-10-11-23(31)22(14-21)28-32-15-33-36-28/h6-15H,5H2,1-4H3,(H,35,39)(H,32,33,36). The van der Waals surface area contributed by atoms with Gasteiger partial charge in [-0.2, -0.15) is 9.84 Å². The van der Waals surface area contributed by atoms with Gasteiger partial charge in [0.2, 0.25) is 0 Å². The maximum absolute atomic E-state index is 14.4. The SMILES string of the molecule is CCn1c(-c2ccc(-c3c(C)on(C)c3=O)cc2)cc2cc(C)nc(C(=O)Nc3ccc(F)c(-c4ncn[nH]4)c3)c21. The van der Waals surface area contributed by atoms with Crippen LogP contribution in [0.4, 0.5) is 10.1 Å². The minimum absolute atomic E-state index is 0.189. The van der Waals surface area contributed by atoms with Gasteiger partial charge in [0.15, 0.2) is 11.5 Å². The van der Waals surface area contributed by atoms with E-state index in [0.717, 1.165) is 22.2 Å². The highest BCUT2D eigenvalue weighted by atomic mass is 19.1. The van der Waals surface area contributed by atoms with Crippen LogP contribution in [0.15, 0.2) is 70.2 Å². The molecule has 206 valence electrons. The molecule has 0 atom stereocenters. The van der Waals surface area contributed by atoms with Crippen LogP contribution in [0.25, 0.3) is 44.7 Å². The number of hydrogen-bond donors (Lipinski definition) is 2. The Morgan fingerprint density at radius 2 is 1.83 bits per heavy atom. The highest BCUT2D eigenvalue weighted by molar-refractivity contribution is 6.11. The first-order valence-electron chi connectivity index (χ1n) is 13.0. The second kappa shape index (κ2) is 10.0. The zero-order chi connectivity index (χ0) is 28.8. The first-order valence-corrected chi connectivity index (χ1v) is 13.0. The normalized spacial score (nSPS) is 11.3. The second-order valence-corrected chi connectivity index (χ2v) is 9.71. The van der Waals surface area contributed by atoms with Crippen LogP contribution in [0.2, 0.25) is 0 Å². The van der Waals surface area contributed by atoms with E-state index >= 15 is 0 Å². The number of aromatic amines is 1. The van der Waals surface area contributed by atoms with Gasteiger partial charge in [0, 0.05) is 36.1 Å². The van der Waals surface area contributed by atoms with Gasteiger partial charge >= 0.3 is 0 Å². The number of nitrogens with zero attached hydrogens (tertiary/aromatic N) is 5. The Kier molecular flexibility index (Phi) is 6.33. The number of pyridine rings is 1. The van der Waals surface area contributed by atoms with Crippen molar-refractivity contribution in [2.24, 2.45) is 7.05 Å². The zero-order valence-electron chi connectivity index (χ0n) is 22.8. The third-order valence-electron chi connectivity index (χ3n) is 7.02. The lowest BCUT2D eigenvalue weighted by atomic mass is 10.0. The lowest BCUT2D eigenvalue weighted by Crippen LogP contribution is -2.16. The number of hydrogen-bond acceptors (Lipinski definition) is 6. The fraction of sp³-hybridized carbons (Fsp3) is 0.167. The van der Waals surface area contributed by atoms with Gasteiger partial charge in [-0.05, 0) is 62.2 Å². The molecule has 0 bridgehead atoms. The van der Waals surface area contributed by atoms with Crippen LogP contribution in [0.5, 0.6) is 0 Å². The summed E-state index contributed by atoms with van der Waals surface area (Å²) in [4.78, 5) is 34.7. The Bertz CT molecular complexity index is 1980. The molecule has 2 N–H and O–H groups in total. The van der Waals surface area contributed by atoms with Crippen molar-refractivity contribution in [3.63, 3.8) is 0 Å². The van der Waals surface area contributed by atoms with Crippen molar-refractivity contribution in [1.29, 1.82) is 0 Å². The molecule has 0 saturated heterocycles. The van der Waals surface area contributed by atoms with Crippen LogP contribution in [0.1, 0.15) is 28.9 Å². The van der Waals surface area contributed by atoms with Crippen LogP contribution in [0, 0.1) is 19.7 Å². The van der Waals surface area contributed by atoms with E-state index in [0.29, 0.717) is 34.8 Å². The molecule has 10 nitrogen and oxygen atoms in total. The van der Waals surface area contributed by atoms with Gasteiger partial charge in [0.1, 0.15) is 17.9 Å². The summed E-state index contributed by atoms with van der Waals surface area (Å²) >= 11 is 0. The fourth-order valence-corrected chi connectivity index (χ4v) is 5.20. The Morgan fingerprint density at radius 3 is 2.49 bits per heavy atom. The fourth-order valence-electron chi connectivity index (χ4n) is 5.20. The van der Waals surface area contributed by atoms with Crippen LogP contribution < -0.4 is 10.9 Å². The van der Waals surface area contributed by atoms with Gasteiger partial charge < -0.3 is 14.4 Å². The average molecular weight is 552 g/mol. The molecule has 6 aromatic rings. The van der Waals surface area contributed by atoms with Crippen molar-refractivity contribution in [1.82, 2.24) is 29.5 Å². The molecule has 0 aliphatic rings. The summed E-state index contributed by atoms with van der Waals surface area (Å²) in [5, 5.41) is 10.1. The number of anilines is 1. The van der Waals surface area contributed by atoms with E-state index in [1.165, 1.54) is 29.3 Å². The highest BCUT2D eigenvalue weighted by Crippen LogP contribution is 2.32. The van der Waals surface area contributed by atoms with E-state index < -0.39 is 11.7 Å². The number of carbonyl (C=O) groups excluding carboxylic acids is 1. The largest absolute Gasteiger partial charge is 0.381 e. The van der Waals surface area contributed by atoms with E-state index in [-0.39, 0.29) is 22.6 Å². The number of rotatable bonds is 6. The van der Waals surface area contributed by atoms with Gasteiger partial charge in [0.25, 0.3) is 11.5 Å². The number of halogens is 1. The maximum Gasteiger partial charge on any atom is 0.290 e. The first kappa shape index (κ1) is 25.9. The summed E-state index contributed by atoms with van der Waals surface area (Å²) < 4.78 is 23.1. The molecule has 1 amide bonds. The van der Waals surface area contributed by atoms with Gasteiger partial charge in [-0.3, -0.25) is 14.7 Å². The van der Waals surface area contributed by atoms with Crippen LogP contribution >= 0.6 is 0 Å². The number of nitrogens with one attached hydrogen (secondary N) is 2. The Morgan fingerprint density at radius 1 is 1.07 bits per heavy atom. The number of fused-ring (bicyclic) bond motifs is 1. The first-order chi connectivity index (χ1) is 19.7. The van der Waals surface area contributed by atoms with Gasteiger partial charge in [-0.15, -0.1) is 0 Å². The molecule has 6 rings (SSSR count). The van der Waals surface area contributed by atoms with Crippen molar-refractivity contribution in [3.8, 4) is 33.8 Å². The van der Waals surface area contributed by atoms with Crippen molar-refractivity contribution in [2.75, 3.05) is 5.32 Å². The molecule has 0 saturated carbocycles. The molecule has 0 aliphatic heterocycles. The van der Waals surface area contributed by atoms with Crippen LogP contribution in [0.3, 0.4) is 0 Å². The second-order valence-electron chi connectivity index (χ2n) is 9.71. The lowest BCUT2D eigenvalue weighted by Gasteiger charge is -2.12. The monoisotopic (exact) mass is 551 g/mol. The maximum atomic E-state index is 14.4. The molecule has 41 heavy (non-hydrogen) atoms. The van der Waals surface area contributed by atoms with E-state index in [1.807, 2.05) is 54.8 Å². The minimum atomic E-state index is -0.491. The van der Waals surface area contributed by atoms with E-state index in [2.05, 4.69) is 25.5 Å². The number of aromatic nitrogens is 6. The van der Waals surface area contributed by atoms with E-state index in [4.69, 9.17) is 4.52 Å². The summed E-state index contributed by atoms with van der Waals surface area (Å²) in [6, 6.07) is 15.9. The summed E-state index contributed by atoms with van der Waals surface area (Å²) in [5.74, 6) is -0.0999. The third-order valence-corrected chi connectivity index (χ3v) is 7.02. The Labute approximate surface area is 233 Å². The van der Waals surface area contributed by atoms with Crippen LogP contribution in [-0.4, -0.2) is 35.4 Å². The number of H-pyrrole nitrogens is 1. The topological polar surface area (TPSA) is 124 Å². The van der Waals surface area contributed by atoms with Gasteiger partial charge in [0.05, 0.1) is 16.6 Å². The van der Waals surface area contributed by atoms with Crippen molar-refractivity contribution >= 4 is 22.5 Å². The molecule has 0 unspecified atom stereocenters. The molecule has 0 spiro atoms. The predicted octanol–water partition coefficient (Wildman–Crippen LogP) is 5.48. The minimum Gasteiger partial charge on any atom is -0.381 e. The molecule has 11 heteroatoms. The summed E-state index contributed by atoms with van der Waals surface area (Å²) in [6.07, 6.45) is 1.29. The Hall–Kier alpha value is -5.32. The zero-order valence-corrected chi connectivity index (χ0v) is 22.8. The highest BCUT2D eigenvalue weighted by Gasteiger charge is 2.21. The van der Waals surface area contributed by atoms with Crippen molar-refractivity contribution in [2.45, 2.75) is 27.3 Å². The number of carbonyl (C=O) groups is 1. The molecule has 0 fully saturated rings. The molecule has 2 aromatic carbocycles. The predicted molar refractivity (Wildman–Crippen MR) is 153 cm³/mol. The lowest BCUT2D eigenvalue weighted by molar-refractivity contribution is 0.102. The molecular formula is C30H26FN7O3. The molecule has 4 heterocycles. The third kappa shape index (κ3) is 4.50. The van der Waals surface area contributed by atoms with Crippen molar-refractivity contribution < 1.29 is 13.7 Å². The summed E-state index contributed by atoms with van der Waals surface area (Å²) in [5.41, 5.74) is 5.14. The van der Waals surface area contributed by atoms with Gasteiger partial charge in [-0.1, -0.05) is 24.3 Å². The van der Waals surface area contributed by atoms with Crippen molar-refractivity contribution in [3.05, 3.63) is 94.2 Å². The van der Waals surface area contributed by atoms with E-state index in [1.54, 1.807) is 14.0 Å². The summed E-state index contributed by atoms with van der Waals surface area (Å²) in [6.45, 7) is 6.18. The van der Waals surface area contributed by atoms with Gasteiger partial charge in [-0.25, -0.2) is 14.4 Å². The number of benzene rings is 2. The average Bonchev–Trinajstić information content (AvgIpc) is 3.67. The summed E-state index contributed by atoms with van der Waals surface area (Å²) in [7, 11) is 1.59. The van der Waals surface area contributed by atoms with E-state index in [9.17, 15) is 14.0 Å². The Balaban J connectivity index is 1.39. The molecular weight excluding hydrogens is 525 g/mol.